The summed E-state index contributed by atoms with van der Waals surface area (Å²) in [6, 6.07) is 17.0. The van der Waals surface area contributed by atoms with E-state index in [-0.39, 0.29) is 13.2 Å². The summed E-state index contributed by atoms with van der Waals surface area (Å²) in [5, 5.41) is 12.6. The first-order valence-corrected chi connectivity index (χ1v) is 6.84. The zero-order valence-corrected chi connectivity index (χ0v) is 12.0. The van der Waals surface area contributed by atoms with E-state index >= 15 is 0 Å². The van der Waals surface area contributed by atoms with Crippen molar-refractivity contribution in [3.8, 4) is 0 Å². The van der Waals surface area contributed by atoms with Gasteiger partial charge in [0.25, 0.3) is 0 Å². The Labute approximate surface area is 124 Å². The van der Waals surface area contributed by atoms with Gasteiger partial charge in [0.2, 0.25) is 0 Å². The first-order chi connectivity index (χ1) is 10.1. The molecule has 2 aromatic carbocycles. The van der Waals surface area contributed by atoms with Crippen LogP contribution in [0.1, 0.15) is 22.8 Å². The number of hydrogen-bond donors (Lipinski definition) is 2. The van der Waals surface area contributed by atoms with Crippen molar-refractivity contribution in [1.82, 2.24) is 5.32 Å². The second-order valence-corrected chi connectivity index (χ2v) is 4.87. The highest BCUT2D eigenvalue weighted by atomic mass is 16.5. The van der Waals surface area contributed by atoms with E-state index in [0.29, 0.717) is 0 Å². The molecule has 0 radical (unpaired) electrons. The van der Waals surface area contributed by atoms with Crippen LogP contribution < -0.4 is 5.32 Å². The molecule has 2 aromatic rings. The zero-order valence-electron chi connectivity index (χ0n) is 12.0. The van der Waals surface area contributed by atoms with Gasteiger partial charge in [0, 0.05) is 0 Å². The van der Waals surface area contributed by atoms with Crippen LogP contribution in [0.5, 0.6) is 0 Å². The molecule has 110 valence electrons. The summed E-state index contributed by atoms with van der Waals surface area (Å²) in [7, 11) is 0. The Hall–Kier alpha value is -2.33. The number of hydrogen-bond acceptors (Lipinski definition) is 3. The summed E-state index contributed by atoms with van der Waals surface area (Å²) in [4.78, 5) is 11.6. The van der Waals surface area contributed by atoms with Crippen molar-refractivity contribution in [3.05, 3.63) is 71.3 Å². The lowest BCUT2D eigenvalue weighted by molar-refractivity contribution is 0.126. The van der Waals surface area contributed by atoms with Crippen molar-refractivity contribution in [1.29, 1.82) is 0 Å². The highest BCUT2D eigenvalue weighted by Crippen LogP contribution is 2.13. The Bertz CT molecular complexity index is 584. The van der Waals surface area contributed by atoms with Crippen LogP contribution in [0.3, 0.4) is 0 Å². The van der Waals surface area contributed by atoms with E-state index in [4.69, 9.17) is 4.74 Å². The monoisotopic (exact) mass is 285 g/mol. The second kappa shape index (κ2) is 7.45. The third-order valence-electron chi connectivity index (χ3n) is 3.08. The van der Waals surface area contributed by atoms with E-state index in [9.17, 15) is 9.90 Å². The molecule has 0 aliphatic rings. The van der Waals surface area contributed by atoms with Crippen LogP contribution in [0, 0.1) is 6.92 Å². The smallest absolute Gasteiger partial charge is 0.407 e. The molecule has 0 aromatic heterocycles. The lowest BCUT2D eigenvalue weighted by Crippen LogP contribution is -2.28. The van der Waals surface area contributed by atoms with E-state index in [0.717, 1.165) is 16.7 Å². The van der Waals surface area contributed by atoms with Crippen LogP contribution >= 0.6 is 0 Å². The summed E-state index contributed by atoms with van der Waals surface area (Å²) in [6.45, 7) is 2.29. The maximum absolute atomic E-state index is 11.6. The number of benzene rings is 2. The number of carbonyl (C=O) groups excluding carboxylic acids is 1. The summed E-state index contributed by atoms with van der Waals surface area (Å²) < 4.78 is 5.08. The Morgan fingerprint density at radius 3 is 2.67 bits per heavy atom. The number of rotatable bonds is 5. The molecular weight excluding hydrogens is 266 g/mol. The highest BCUT2D eigenvalue weighted by Gasteiger charge is 2.10. The van der Waals surface area contributed by atoms with Crippen LogP contribution in [0.2, 0.25) is 0 Å². The number of ether oxygens (including phenoxy) is 1. The fourth-order valence-electron chi connectivity index (χ4n) is 1.95. The number of carbonyl (C=O) groups is 1. The fraction of sp³-hybridized carbons (Fsp3) is 0.235. The first kappa shape index (κ1) is 15.1. The summed E-state index contributed by atoms with van der Waals surface area (Å²) in [5.74, 6) is 0. The number of aliphatic hydroxyl groups is 1. The van der Waals surface area contributed by atoms with Crippen molar-refractivity contribution in [2.45, 2.75) is 19.6 Å². The number of alkyl carbamates (subject to hydrolysis) is 1. The highest BCUT2D eigenvalue weighted by molar-refractivity contribution is 5.67. The van der Waals surface area contributed by atoms with Crippen LogP contribution in [-0.4, -0.2) is 17.7 Å². The molecule has 1 atom stereocenters. The molecule has 0 saturated carbocycles. The van der Waals surface area contributed by atoms with Gasteiger partial charge in [-0.1, -0.05) is 60.2 Å². The molecule has 2 N–H and O–H groups in total. The molecular formula is C17H19NO3. The van der Waals surface area contributed by atoms with Crippen LogP contribution in [0.15, 0.2) is 54.6 Å². The van der Waals surface area contributed by atoms with Gasteiger partial charge in [-0.15, -0.1) is 0 Å². The average Bonchev–Trinajstić information content (AvgIpc) is 2.51. The lowest BCUT2D eigenvalue weighted by Gasteiger charge is -2.13. The lowest BCUT2D eigenvalue weighted by atomic mass is 10.1. The van der Waals surface area contributed by atoms with Crippen LogP contribution in [0.4, 0.5) is 4.79 Å². The fourth-order valence-corrected chi connectivity index (χ4v) is 1.95. The van der Waals surface area contributed by atoms with Gasteiger partial charge in [-0.05, 0) is 18.1 Å². The molecule has 0 bridgehead atoms. The number of aryl methyl sites for hydroxylation is 1. The topological polar surface area (TPSA) is 58.6 Å². The zero-order chi connectivity index (χ0) is 15.1. The summed E-state index contributed by atoms with van der Waals surface area (Å²) in [6.07, 6.45) is -1.28. The largest absolute Gasteiger partial charge is 0.445 e. The van der Waals surface area contributed by atoms with Crippen molar-refractivity contribution in [2.24, 2.45) is 0 Å². The predicted molar refractivity (Wildman–Crippen MR) is 80.8 cm³/mol. The van der Waals surface area contributed by atoms with Gasteiger partial charge in [0.15, 0.2) is 0 Å². The predicted octanol–water partition coefficient (Wildman–Crippen LogP) is 2.95. The van der Waals surface area contributed by atoms with Gasteiger partial charge in [-0.3, -0.25) is 0 Å². The van der Waals surface area contributed by atoms with E-state index in [1.807, 2.05) is 61.5 Å². The molecule has 0 saturated heterocycles. The van der Waals surface area contributed by atoms with E-state index in [1.54, 1.807) is 0 Å². The van der Waals surface area contributed by atoms with E-state index in [1.165, 1.54) is 0 Å². The number of nitrogens with one attached hydrogen (secondary N) is 1. The van der Waals surface area contributed by atoms with Gasteiger partial charge in [0.05, 0.1) is 12.6 Å². The van der Waals surface area contributed by atoms with Gasteiger partial charge < -0.3 is 15.2 Å². The van der Waals surface area contributed by atoms with Gasteiger partial charge in [0.1, 0.15) is 6.61 Å². The molecule has 0 heterocycles. The maximum atomic E-state index is 11.6. The molecule has 4 nitrogen and oxygen atoms in total. The van der Waals surface area contributed by atoms with Gasteiger partial charge >= 0.3 is 6.09 Å². The van der Waals surface area contributed by atoms with Crippen molar-refractivity contribution in [2.75, 3.05) is 6.54 Å². The summed E-state index contributed by atoms with van der Waals surface area (Å²) in [5.41, 5.74) is 2.77. The molecule has 21 heavy (non-hydrogen) atoms. The minimum Gasteiger partial charge on any atom is -0.445 e. The van der Waals surface area contributed by atoms with Gasteiger partial charge in [-0.2, -0.15) is 0 Å². The molecule has 0 spiro atoms. The van der Waals surface area contributed by atoms with E-state index < -0.39 is 12.2 Å². The molecule has 2 rings (SSSR count). The Morgan fingerprint density at radius 1 is 1.19 bits per heavy atom. The van der Waals surface area contributed by atoms with Crippen LogP contribution in [-0.2, 0) is 11.3 Å². The molecule has 4 heteroatoms. The minimum atomic E-state index is -0.742. The SMILES string of the molecule is Cc1cccc(C(O)CNC(=O)OCc2ccccc2)c1. The molecule has 0 aliphatic heterocycles. The van der Waals surface area contributed by atoms with Crippen molar-refractivity contribution >= 4 is 6.09 Å². The third kappa shape index (κ3) is 4.93. The van der Waals surface area contributed by atoms with Crippen LogP contribution in [0.25, 0.3) is 0 Å². The molecule has 0 fully saturated rings. The Morgan fingerprint density at radius 2 is 1.95 bits per heavy atom. The van der Waals surface area contributed by atoms with E-state index in [2.05, 4.69) is 5.32 Å². The van der Waals surface area contributed by atoms with Gasteiger partial charge in [-0.25, -0.2) is 4.79 Å². The van der Waals surface area contributed by atoms with Crippen molar-refractivity contribution < 1.29 is 14.6 Å². The Balaban J connectivity index is 1.76. The first-order valence-electron chi connectivity index (χ1n) is 6.84. The molecule has 1 unspecified atom stereocenters. The summed E-state index contributed by atoms with van der Waals surface area (Å²) >= 11 is 0. The standard InChI is InChI=1S/C17H19NO3/c1-13-6-5-9-15(10-13)16(19)11-18-17(20)21-12-14-7-3-2-4-8-14/h2-10,16,19H,11-12H2,1H3,(H,18,20). The Kier molecular flexibility index (Phi) is 5.35. The normalized spacial score (nSPS) is 11.7. The van der Waals surface area contributed by atoms with Crippen molar-refractivity contribution in [3.63, 3.8) is 0 Å². The second-order valence-electron chi connectivity index (χ2n) is 4.87. The molecule has 0 aliphatic carbocycles. The number of aliphatic hydroxyl groups excluding tert-OH is 1. The maximum Gasteiger partial charge on any atom is 0.407 e. The third-order valence-corrected chi connectivity index (χ3v) is 3.08. The average molecular weight is 285 g/mol. The minimum absolute atomic E-state index is 0.122. The quantitative estimate of drug-likeness (QED) is 0.888. The molecule has 1 amide bonds. The number of amides is 1.